The molecule has 0 saturated carbocycles. The summed E-state index contributed by atoms with van der Waals surface area (Å²) >= 11 is 0. The van der Waals surface area contributed by atoms with Crippen molar-refractivity contribution in [3.05, 3.63) is 232 Å². The zero-order chi connectivity index (χ0) is 53.7. The second-order valence-electron chi connectivity index (χ2n) is 25.7. The van der Waals surface area contributed by atoms with Crippen LogP contribution in [-0.4, -0.2) is 12.1 Å². The summed E-state index contributed by atoms with van der Waals surface area (Å²) in [5.41, 5.74) is 18.0. The Hall–Kier alpha value is -7.30. The molecule has 1 aliphatic heterocycles. The van der Waals surface area contributed by atoms with Gasteiger partial charge in [0, 0.05) is 39.1 Å². The summed E-state index contributed by atoms with van der Waals surface area (Å²) in [6.45, 7) is 34.0. The highest BCUT2D eigenvalue weighted by atomic mass is 16.5. The minimum atomic E-state index is -0.748. The lowest BCUT2D eigenvalue weighted by Gasteiger charge is -2.45. The number of hydrogen-bond donors (Lipinski definition) is 0. The van der Waals surface area contributed by atoms with Crippen LogP contribution in [0.4, 0.5) is 22.7 Å². The number of ether oxygens (including phenoxy) is 1. The van der Waals surface area contributed by atoms with Crippen LogP contribution in [0.2, 0.25) is 0 Å². The average Bonchev–Trinajstić information content (AvgIpc) is 3.91. The summed E-state index contributed by atoms with van der Waals surface area (Å²) in [6.07, 6.45) is 20.2. The second kappa shape index (κ2) is 18.5. The number of rotatable bonds is 8. The molecule has 1 spiro atoms. The van der Waals surface area contributed by atoms with Gasteiger partial charge in [-0.2, -0.15) is 0 Å². The Morgan fingerprint density at radius 3 is 1.58 bits per heavy atom. The van der Waals surface area contributed by atoms with Gasteiger partial charge in [0.05, 0.1) is 23.2 Å². The Morgan fingerprint density at radius 2 is 1.11 bits per heavy atom. The summed E-state index contributed by atoms with van der Waals surface area (Å²) in [7, 11) is 0. The Morgan fingerprint density at radius 1 is 0.592 bits per heavy atom. The standard InChI is InChI=1S/C72H76N2O2/c1-15-21-56-62(16-2)76-67-61(74(52-38-30-48(31-39-52)70(9,10)11)53-40-32-49(33-41-53)71(12,13)14)45-60-65(66(56)67)55-43-42-54(44-59(55)72(60)57-22-17-19-24-63(57)75-64-25-20-18-23-58(64)72)73(50-34-26-46(27-35-50)68(3,4)5)51-36-28-47(29-37-51)69(6,7)8/h15-36,38-43,45,51,54H,2,37,44H2,1,3-14H3/b21-15-. The maximum absolute atomic E-state index is 7.29. The van der Waals surface area contributed by atoms with Crippen LogP contribution in [0.15, 0.2) is 186 Å². The smallest absolute Gasteiger partial charge is 0.160 e. The zero-order valence-corrected chi connectivity index (χ0v) is 47.2. The number of nitrogens with zero attached hydrogens (tertiary/aromatic N) is 2. The number of anilines is 4. The number of hydrogen-bond acceptors (Lipinski definition) is 4. The van der Waals surface area contributed by atoms with Crippen LogP contribution < -0.4 is 14.5 Å². The van der Waals surface area contributed by atoms with Crippen LogP contribution in [0.1, 0.15) is 153 Å². The number of fused-ring (bicyclic) bond motifs is 10. The molecule has 11 rings (SSSR count). The van der Waals surface area contributed by atoms with E-state index >= 15 is 0 Å². The van der Waals surface area contributed by atoms with E-state index < -0.39 is 5.41 Å². The van der Waals surface area contributed by atoms with Crippen molar-refractivity contribution in [2.24, 2.45) is 5.41 Å². The van der Waals surface area contributed by atoms with E-state index in [1.165, 1.54) is 50.2 Å². The maximum atomic E-state index is 7.29. The SMILES string of the molecule is C=Cc1oc2c(N(c3ccc(C(C)(C)C)cc3)c3ccc(C(C)(C)C)cc3)cc3c(c2c1/C=C\C)C1=C(CC(N(c2ccc(C(C)(C)C)cc2)C2C=CC(C(C)(C)C)=CC2)C=C1)C31c2ccccc2Oc2ccccc21. The second-order valence-corrected chi connectivity index (χ2v) is 25.7. The monoisotopic (exact) mass is 1000 g/mol. The molecule has 0 saturated heterocycles. The van der Waals surface area contributed by atoms with Crippen molar-refractivity contribution < 1.29 is 9.15 Å². The molecule has 4 aliphatic rings. The molecule has 2 heterocycles. The van der Waals surface area contributed by atoms with Crippen molar-refractivity contribution in [1.29, 1.82) is 0 Å². The summed E-state index contributed by atoms with van der Waals surface area (Å²) in [6, 6.07) is 48.0. The van der Waals surface area contributed by atoms with Gasteiger partial charge in [-0.15, -0.1) is 0 Å². The van der Waals surface area contributed by atoms with Crippen LogP contribution in [0.25, 0.3) is 28.7 Å². The molecule has 0 bridgehead atoms. The summed E-state index contributed by atoms with van der Waals surface area (Å²) in [5.74, 6) is 2.50. The van der Waals surface area contributed by atoms with E-state index in [2.05, 4.69) is 276 Å². The quantitative estimate of drug-likeness (QED) is 0.152. The summed E-state index contributed by atoms with van der Waals surface area (Å²) < 4.78 is 14.3. The molecule has 1 aromatic heterocycles. The molecule has 4 heteroatoms. The van der Waals surface area contributed by atoms with Gasteiger partial charge in [-0.25, -0.2) is 0 Å². The molecule has 386 valence electrons. The fourth-order valence-electron chi connectivity index (χ4n) is 12.6. The first-order valence-corrected chi connectivity index (χ1v) is 27.6. The van der Waals surface area contributed by atoms with Gasteiger partial charge >= 0.3 is 0 Å². The van der Waals surface area contributed by atoms with Gasteiger partial charge < -0.3 is 19.0 Å². The third kappa shape index (κ3) is 8.44. The molecule has 6 aromatic carbocycles. The Bertz CT molecular complexity index is 3460. The first-order valence-electron chi connectivity index (χ1n) is 27.6. The highest BCUT2D eigenvalue weighted by Crippen LogP contribution is 2.66. The third-order valence-electron chi connectivity index (χ3n) is 16.6. The van der Waals surface area contributed by atoms with E-state index in [-0.39, 0.29) is 33.7 Å². The predicted molar refractivity (Wildman–Crippen MR) is 323 cm³/mol. The van der Waals surface area contributed by atoms with Crippen LogP contribution in [0, 0.1) is 5.41 Å². The van der Waals surface area contributed by atoms with Crippen molar-refractivity contribution in [3.63, 3.8) is 0 Å². The van der Waals surface area contributed by atoms with E-state index in [1.807, 2.05) is 6.08 Å². The van der Waals surface area contributed by atoms with Gasteiger partial charge in [-0.3, -0.25) is 0 Å². The van der Waals surface area contributed by atoms with Crippen LogP contribution in [0.3, 0.4) is 0 Å². The van der Waals surface area contributed by atoms with Crippen LogP contribution >= 0.6 is 0 Å². The van der Waals surface area contributed by atoms with Gasteiger partial charge in [0.15, 0.2) is 5.58 Å². The number of benzene rings is 6. The normalized spacial score (nSPS) is 17.8. The van der Waals surface area contributed by atoms with Gasteiger partial charge in [-0.05, 0) is 147 Å². The first-order chi connectivity index (χ1) is 36.1. The molecule has 2 atom stereocenters. The molecule has 0 fully saturated rings. The highest BCUT2D eigenvalue weighted by molar-refractivity contribution is 6.12. The van der Waals surface area contributed by atoms with Gasteiger partial charge in [-0.1, -0.05) is 205 Å². The van der Waals surface area contributed by atoms with Crippen molar-refractivity contribution in [3.8, 4) is 11.5 Å². The molecule has 76 heavy (non-hydrogen) atoms. The van der Waals surface area contributed by atoms with Crippen molar-refractivity contribution >= 4 is 51.4 Å². The van der Waals surface area contributed by atoms with Gasteiger partial charge in [0.1, 0.15) is 17.3 Å². The van der Waals surface area contributed by atoms with E-state index in [0.717, 1.165) is 74.8 Å². The van der Waals surface area contributed by atoms with Crippen molar-refractivity contribution in [2.75, 3.05) is 9.80 Å². The third-order valence-corrected chi connectivity index (χ3v) is 16.6. The van der Waals surface area contributed by atoms with Crippen LogP contribution in [-0.2, 0) is 21.7 Å². The molecule has 0 radical (unpaired) electrons. The maximum Gasteiger partial charge on any atom is 0.160 e. The summed E-state index contributed by atoms with van der Waals surface area (Å²) in [4.78, 5) is 5.13. The molecular weight excluding hydrogens is 925 g/mol. The van der Waals surface area contributed by atoms with Crippen LogP contribution in [0.5, 0.6) is 11.5 Å². The van der Waals surface area contributed by atoms with Gasteiger partial charge in [0.2, 0.25) is 0 Å². The van der Waals surface area contributed by atoms with Gasteiger partial charge in [0.25, 0.3) is 0 Å². The van der Waals surface area contributed by atoms with E-state index in [4.69, 9.17) is 9.15 Å². The predicted octanol–water partition coefficient (Wildman–Crippen LogP) is 19.8. The van der Waals surface area contributed by atoms with Crippen molar-refractivity contribution in [2.45, 2.75) is 137 Å². The lowest BCUT2D eigenvalue weighted by molar-refractivity contribution is 0.429. The molecular formula is C72H76N2O2. The molecule has 7 aromatic rings. The van der Waals surface area contributed by atoms with E-state index in [1.54, 1.807) is 0 Å². The molecule has 0 N–H and O–H groups in total. The fraction of sp³-hybridized carbons (Fsp3) is 0.306. The Balaban J connectivity index is 1.21. The lowest BCUT2D eigenvalue weighted by atomic mass is 9.63. The minimum absolute atomic E-state index is 0.0169. The van der Waals surface area contributed by atoms with E-state index in [0.29, 0.717) is 0 Å². The Labute approximate surface area is 453 Å². The molecule has 0 amide bonds. The number of allylic oxidation sites excluding steroid dienone is 5. The number of furan rings is 1. The zero-order valence-electron chi connectivity index (χ0n) is 47.2. The largest absolute Gasteiger partial charge is 0.457 e. The lowest BCUT2D eigenvalue weighted by Crippen LogP contribution is -2.45. The molecule has 3 aliphatic carbocycles. The topological polar surface area (TPSA) is 28.9 Å². The molecule has 2 unspecified atom stereocenters. The van der Waals surface area contributed by atoms with E-state index in [9.17, 15) is 0 Å². The first kappa shape index (κ1) is 50.8. The minimum Gasteiger partial charge on any atom is -0.457 e. The van der Waals surface area contributed by atoms with Crippen molar-refractivity contribution in [1.82, 2.24) is 0 Å². The molecule has 4 nitrogen and oxygen atoms in total. The fourth-order valence-corrected chi connectivity index (χ4v) is 12.6. The average molecular weight is 1000 g/mol. The summed E-state index contributed by atoms with van der Waals surface area (Å²) in [5, 5.41) is 1.08. The Kier molecular flexibility index (Phi) is 12.4. The highest BCUT2D eigenvalue weighted by Gasteiger charge is 2.55. The number of para-hydroxylation sites is 2.